The van der Waals surface area contributed by atoms with Gasteiger partial charge in [-0.2, -0.15) is 24.3 Å². The van der Waals surface area contributed by atoms with Crippen LogP contribution in [0.5, 0.6) is 0 Å². The summed E-state index contributed by atoms with van der Waals surface area (Å²) in [5.41, 5.74) is 1.09. The van der Waals surface area contributed by atoms with Gasteiger partial charge < -0.3 is 20.1 Å². The zero-order valence-electron chi connectivity index (χ0n) is 8.92. The fourth-order valence-corrected chi connectivity index (χ4v) is 1.12. The smallest absolute Gasteiger partial charge is 0.425 e. The zero-order valence-corrected chi connectivity index (χ0v) is 10.0. The van der Waals surface area contributed by atoms with Crippen LogP contribution in [-0.2, 0) is 17.1 Å². The summed E-state index contributed by atoms with van der Waals surface area (Å²) >= 11 is 0. The van der Waals surface area contributed by atoms with Crippen LogP contribution in [0.3, 0.4) is 0 Å². The Hall–Kier alpha value is -0.811. The maximum absolute atomic E-state index is 8.47. The van der Waals surface area contributed by atoms with Gasteiger partial charge in [0.15, 0.2) is 0 Å². The van der Waals surface area contributed by atoms with Crippen LogP contribution >= 0.6 is 0 Å². The van der Waals surface area contributed by atoms with Gasteiger partial charge in [-0.05, 0) is 0 Å². The first kappa shape index (κ1) is 16.2. The summed E-state index contributed by atoms with van der Waals surface area (Å²) in [5, 5.41) is 33.9. The van der Waals surface area contributed by atoms with Crippen LogP contribution in [0.2, 0.25) is 0 Å². The number of rotatable bonds is 2. The second-order valence-electron chi connectivity index (χ2n) is 3.18. The summed E-state index contributed by atoms with van der Waals surface area (Å²) < 4.78 is 0. The van der Waals surface area contributed by atoms with Crippen molar-refractivity contribution in [1.82, 2.24) is 0 Å². The van der Waals surface area contributed by atoms with E-state index in [1.54, 1.807) is 48.5 Å². The van der Waals surface area contributed by atoms with E-state index in [-0.39, 0.29) is 17.1 Å². The van der Waals surface area contributed by atoms with Gasteiger partial charge in [0.25, 0.3) is 0 Å². The molecule has 0 bridgehead atoms. The minimum absolute atomic E-state index is 0. The first-order chi connectivity index (χ1) is 7.61. The van der Waals surface area contributed by atoms with E-state index in [4.69, 9.17) is 20.1 Å². The fourth-order valence-electron chi connectivity index (χ4n) is 1.12. The molecule has 0 saturated carbocycles. The Kier molecular flexibility index (Phi) is 7.91. The molecule has 0 amide bonds. The molecule has 0 aliphatic rings. The van der Waals surface area contributed by atoms with Gasteiger partial charge in [0.2, 0.25) is 0 Å². The zero-order chi connectivity index (χ0) is 12.0. The van der Waals surface area contributed by atoms with Crippen molar-refractivity contribution in [3.05, 3.63) is 48.5 Å². The van der Waals surface area contributed by atoms with Crippen LogP contribution in [0.1, 0.15) is 0 Å². The molecule has 17 heavy (non-hydrogen) atoms. The summed E-state index contributed by atoms with van der Waals surface area (Å²) in [4.78, 5) is 0. The van der Waals surface area contributed by atoms with Gasteiger partial charge in [0.05, 0.1) is 0 Å². The minimum atomic E-state index is -1.31. The second kappa shape index (κ2) is 8.31. The molecule has 0 aliphatic carbocycles. The van der Waals surface area contributed by atoms with Gasteiger partial charge in [0.1, 0.15) is 0 Å². The Labute approximate surface area is 111 Å². The maximum atomic E-state index is 8.47. The van der Waals surface area contributed by atoms with E-state index in [1.165, 1.54) is 0 Å². The van der Waals surface area contributed by atoms with Crippen molar-refractivity contribution in [2.75, 3.05) is 0 Å². The molecule has 0 aliphatic heterocycles. The summed E-state index contributed by atoms with van der Waals surface area (Å²) in [6, 6.07) is 13.7. The molecule has 90 valence electrons. The van der Waals surface area contributed by atoms with Crippen LogP contribution in [0.25, 0.3) is 0 Å². The van der Waals surface area contributed by atoms with E-state index in [2.05, 4.69) is 0 Å². The molecule has 7 heteroatoms. The van der Waals surface area contributed by atoms with E-state index >= 15 is 0 Å². The van der Waals surface area contributed by atoms with E-state index in [0.717, 1.165) is 0 Å². The van der Waals surface area contributed by atoms with Crippen molar-refractivity contribution in [3.63, 3.8) is 0 Å². The third-order valence-corrected chi connectivity index (χ3v) is 1.97. The van der Waals surface area contributed by atoms with Crippen LogP contribution in [-0.4, -0.2) is 34.3 Å². The molecular weight excluding hydrogens is 262 g/mol. The molecule has 2 rings (SSSR count). The molecule has 4 nitrogen and oxygen atoms in total. The molecule has 4 N–H and O–H groups in total. The molecule has 2 aromatic carbocycles. The predicted molar refractivity (Wildman–Crippen MR) is 63.7 cm³/mol. The molecule has 0 aromatic heterocycles. The van der Waals surface area contributed by atoms with Crippen LogP contribution in [0, 0.1) is 0 Å². The molecule has 0 fully saturated rings. The summed E-state index contributed by atoms with van der Waals surface area (Å²) in [6.45, 7) is 0. The van der Waals surface area contributed by atoms with Gasteiger partial charge in [-0.25, -0.2) is 24.3 Å². The van der Waals surface area contributed by atoms with E-state index in [0.29, 0.717) is 10.9 Å². The normalized spacial score (nSPS) is 8.71. The first-order valence-electron chi connectivity index (χ1n) is 4.76. The topological polar surface area (TPSA) is 80.9 Å². The van der Waals surface area contributed by atoms with Crippen molar-refractivity contribution in [2.45, 2.75) is 0 Å². The quantitative estimate of drug-likeness (QED) is 0.383. The Morgan fingerprint density at radius 3 is 1.24 bits per heavy atom. The largest absolute Gasteiger partial charge is 2.00 e. The van der Waals surface area contributed by atoms with Gasteiger partial charge in [-0.15, -0.1) is 10.9 Å². The van der Waals surface area contributed by atoms with E-state index < -0.39 is 14.2 Å². The molecule has 0 atom stereocenters. The van der Waals surface area contributed by atoms with Crippen molar-refractivity contribution < 1.29 is 37.2 Å². The molecule has 0 heterocycles. The third-order valence-electron chi connectivity index (χ3n) is 1.97. The van der Waals surface area contributed by atoms with Gasteiger partial charge in [0, 0.05) is 0 Å². The Morgan fingerprint density at radius 2 is 1.12 bits per heavy atom. The summed E-state index contributed by atoms with van der Waals surface area (Å²) in [6.07, 6.45) is 0. The summed E-state index contributed by atoms with van der Waals surface area (Å²) in [7, 11) is -2.63. The third kappa shape index (κ3) is 5.89. The minimum Gasteiger partial charge on any atom is -0.425 e. The molecule has 0 radical (unpaired) electrons. The first-order valence-corrected chi connectivity index (χ1v) is 4.76. The Bertz CT molecular complexity index is 335. The van der Waals surface area contributed by atoms with Crippen LogP contribution in [0.15, 0.2) is 48.5 Å². The van der Waals surface area contributed by atoms with Gasteiger partial charge in [-0.3, -0.25) is 0 Å². The molecule has 0 saturated heterocycles. The van der Waals surface area contributed by atoms with Gasteiger partial charge in [-0.1, -0.05) is 0 Å². The van der Waals surface area contributed by atoms with E-state index in [9.17, 15) is 0 Å². The molecule has 0 spiro atoms. The predicted octanol–water partition coefficient (Wildman–Crippen LogP) is -1.83. The number of hydrogen-bond donors (Lipinski definition) is 4. The number of hydrogen-bond acceptors (Lipinski definition) is 4. The molecular formula is C10H12B2FeO4. The van der Waals surface area contributed by atoms with Crippen molar-refractivity contribution in [3.8, 4) is 0 Å². The molecule has 0 unspecified atom stereocenters. The average molecular weight is 274 g/mol. The average Bonchev–Trinajstić information content (AvgIpc) is 2.93. The second-order valence-corrected chi connectivity index (χ2v) is 3.18. The van der Waals surface area contributed by atoms with Crippen LogP contribution in [0.4, 0.5) is 0 Å². The monoisotopic (exact) mass is 274 g/mol. The maximum Gasteiger partial charge on any atom is 2.00 e. The fraction of sp³-hybridized carbons (Fsp3) is 0. The standard InChI is InChI=1S/2C5H6BO2.Fe/c2*7-6(8)5-3-1-2-4-5;/h2*1-4,7-8H;/q2*-1;+2. The van der Waals surface area contributed by atoms with E-state index in [1.807, 2.05) is 0 Å². The molecule has 2 aromatic rings. The van der Waals surface area contributed by atoms with Crippen molar-refractivity contribution >= 4 is 25.2 Å². The van der Waals surface area contributed by atoms with Crippen LogP contribution < -0.4 is 10.9 Å². The summed E-state index contributed by atoms with van der Waals surface area (Å²) in [5.74, 6) is 0. The Morgan fingerprint density at radius 1 is 0.765 bits per heavy atom. The van der Waals surface area contributed by atoms with Crippen molar-refractivity contribution in [1.29, 1.82) is 0 Å². The Balaban J connectivity index is 0.000000284. The SMILES string of the molecule is OB(O)c1ccc[cH-]1.OB(O)c1ccc[cH-]1.[Fe+2]. The van der Waals surface area contributed by atoms with Gasteiger partial charge >= 0.3 is 31.3 Å². The van der Waals surface area contributed by atoms with Crippen molar-refractivity contribution in [2.24, 2.45) is 0 Å².